The molecule has 0 aliphatic carbocycles. The van der Waals surface area contributed by atoms with Crippen molar-refractivity contribution in [3.63, 3.8) is 0 Å². The molecule has 0 spiro atoms. The molecule has 9 nitrogen and oxygen atoms in total. The lowest BCUT2D eigenvalue weighted by atomic mass is 10.2. The fourth-order valence-electron chi connectivity index (χ4n) is 1.95. The molecule has 0 radical (unpaired) electrons. The van der Waals surface area contributed by atoms with Crippen molar-refractivity contribution in [1.82, 2.24) is 0 Å². The number of hydrogen-bond donors (Lipinski definition) is 2. The van der Waals surface area contributed by atoms with Crippen molar-refractivity contribution in [3.05, 3.63) is 59.2 Å². The number of rotatable bonds is 4. The van der Waals surface area contributed by atoms with Gasteiger partial charge in [0.05, 0.1) is 11.1 Å². The molecule has 144 valence electrons. The monoisotopic (exact) mass is 422 g/mol. The van der Waals surface area contributed by atoms with E-state index in [4.69, 9.17) is 9.11 Å². The van der Waals surface area contributed by atoms with Gasteiger partial charge in [0.1, 0.15) is 21.4 Å². The van der Waals surface area contributed by atoms with Crippen LogP contribution < -0.4 is 0 Å². The van der Waals surface area contributed by atoms with Crippen LogP contribution in [0.3, 0.4) is 0 Å². The van der Waals surface area contributed by atoms with E-state index in [1.165, 1.54) is 0 Å². The summed E-state index contributed by atoms with van der Waals surface area (Å²) in [6.07, 6.45) is 0. The molecule has 0 unspecified atom stereocenters. The SMILES string of the molecule is O=C(OC(=O)c1ccc(F)cc1S(=O)(=O)O)c1ccc(F)cc1S(=O)(=O)O. The Hall–Kier alpha value is -2.74. The lowest BCUT2D eigenvalue weighted by Crippen LogP contribution is -2.18. The molecule has 0 amide bonds. The Labute approximate surface area is 150 Å². The summed E-state index contributed by atoms with van der Waals surface area (Å²) in [5.41, 5.74) is -1.86. The van der Waals surface area contributed by atoms with Gasteiger partial charge in [0.2, 0.25) is 0 Å². The molecule has 0 bridgehead atoms. The summed E-state index contributed by atoms with van der Waals surface area (Å²) >= 11 is 0. The van der Waals surface area contributed by atoms with Gasteiger partial charge in [0, 0.05) is 0 Å². The summed E-state index contributed by atoms with van der Waals surface area (Å²) in [7, 11) is -10.2. The molecule has 2 rings (SSSR count). The minimum atomic E-state index is -5.08. The summed E-state index contributed by atoms with van der Waals surface area (Å²) in [6, 6.07) is 3.05. The molecule has 13 heteroatoms. The van der Waals surface area contributed by atoms with Crippen LogP contribution in [0.4, 0.5) is 8.78 Å². The van der Waals surface area contributed by atoms with E-state index in [0.29, 0.717) is 24.3 Å². The van der Waals surface area contributed by atoms with Crippen LogP contribution in [-0.4, -0.2) is 37.9 Å². The third-order valence-electron chi connectivity index (χ3n) is 3.07. The largest absolute Gasteiger partial charge is 0.386 e. The maximum atomic E-state index is 13.2. The number of halogens is 2. The Morgan fingerprint density at radius 1 is 0.741 bits per heavy atom. The Kier molecular flexibility index (Phi) is 5.42. The second-order valence-corrected chi connectivity index (χ2v) is 7.69. The van der Waals surface area contributed by atoms with E-state index in [2.05, 4.69) is 4.74 Å². The molecule has 0 saturated heterocycles. The number of carbonyl (C=O) groups excluding carboxylic acids is 2. The van der Waals surface area contributed by atoms with Crippen LogP contribution in [0.5, 0.6) is 0 Å². The maximum absolute atomic E-state index is 13.2. The zero-order valence-electron chi connectivity index (χ0n) is 12.8. The van der Waals surface area contributed by atoms with Gasteiger partial charge in [-0.25, -0.2) is 18.4 Å². The molecule has 0 saturated carbocycles. The van der Waals surface area contributed by atoms with Crippen molar-refractivity contribution < 1.29 is 49.0 Å². The van der Waals surface area contributed by atoms with Crippen molar-refractivity contribution >= 4 is 32.2 Å². The van der Waals surface area contributed by atoms with Crippen molar-refractivity contribution in [2.75, 3.05) is 0 Å². The average Bonchev–Trinajstić information content (AvgIpc) is 2.52. The molecular formula is C14H8F2O9S2. The molecule has 2 N–H and O–H groups in total. The van der Waals surface area contributed by atoms with Gasteiger partial charge in [-0.1, -0.05) is 0 Å². The number of benzene rings is 2. The number of hydrogen-bond acceptors (Lipinski definition) is 7. The second-order valence-electron chi connectivity index (χ2n) is 4.91. The Morgan fingerprint density at radius 3 is 1.37 bits per heavy atom. The molecule has 0 atom stereocenters. The summed E-state index contributed by atoms with van der Waals surface area (Å²) in [6.45, 7) is 0. The van der Waals surface area contributed by atoms with Gasteiger partial charge >= 0.3 is 11.9 Å². The molecule has 0 aromatic heterocycles. The fourth-order valence-corrected chi connectivity index (χ4v) is 3.33. The van der Waals surface area contributed by atoms with Crippen LogP contribution in [0.25, 0.3) is 0 Å². The van der Waals surface area contributed by atoms with Gasteiger partial charge in [-0.05, 0) is 36.4 Å². The highest BCUT2D eigenvalue weighted by Crippen LogP contribution is 2.21. The molecule has 0 heterocycles. The van der Waals surface area contributed by atoms with Crippen molar-refractivity contribution in [1.29, 1.82) is 0 Å². The van der Waals surface area contributed by atoms with E-state index in [1.54, 1.807) is 0 Å². The highest BCUT2D eigenvalue weighted by atomic mass is 32.2. The first-order valence-electron chi connectivity index (χ1n) is 6.61. The summed E-state index contributed by atoms with van der Waals surface area (Å²) in [4.78, 5) is 21.6. The van der Waals surface area contributed by atoms with E-state index < -0.39 is 64.7 Å². The van der Waals surface area contributed by atoms with Gasteiger partial charge in [-0.2, -0.15) is 16.8 Å². The highest BCUT2D eigenvalue weighted by molar-refractivity contribution is 7.86. The Morgan fingerprint density at radius 2 is 1.07 bits per heavy atom. The molecule has 0 fully saturated rings. The Balaban J connectivity index is 2.46. The smallest absolute Gasteiger partial charge is 0.347 e. The van der Waals surface area contributed by atoms with Gasteiger partial charge in [-0.3, -0.25) is 9.11 Å². The van der Waals surface area contributed by atoms with E-state index in [1.807, 2.05) is 0 Å². The highest BCUT2D eigenvalue weighted by Gasteiger charge is 2.28. The van der Waals surface area contributed by atoms with Crippen LogP contribution in [0.15, 0.2) is 46.2 Å². The van der Waals surface area contributed by atoms with Crippen LogP contribution in [0, 0.1) is 11.6 Å². The predicted molar refractivity (Wildman–Crippen MR) is 82.2 cm³/mol. The molecule has 0 aliphatic heterocycles. The molecule has 2 aromatic rings. The van der Waals surface area contributed by atoms with Crippen LogP contribution in [0.1, 0.15) is 20.7 Å². The zero-order valence-corrected chi connectivity index (χ0v) is 14.4. The minimum absolute atomic E-state index is 0.290. The van der Waals surface area contributed by atoms with Crippen molar-refractivity contribution in [2.45, 2.75) is 9.79 Å². The summed E-state index contributed by atoms with van der Waals surface area (Å²) in [5, 5.41) is 0. The molecular weight excluding hydrogens is 414 g/mol. The zero-order chi connectivity index (χ0) is 20.6. The fraction of sp³-hybridized carbons (Fsp3) is 0. The average molecular weight is 422 g/mol. The third kappa shape index (κ3) is 4.71. The van der Waals surface area contributed by atoms with Crippen molar-refractivity contribution in [3.8, 4) is 0 Å². The lowest BCUT2D eigenvalue weighted by Gasteiger charge is -2.09. The summed E-state index contributed by atoms with van der Waals surface area (Å²) in [5.74, 6) is -5.62. The van der Waals surface area contributed by atoms with E-state index >= 15 is 0 Å². The van der Waals surface area contributed by atoms with Gasteiger partial charge in [-0.15, -0.1) is 0 Å². The molecule has 2 aromatic carbocycles. The van der Waals surface area contributed by atoms with Gasteiger partial charge < -0.3 is 4.74 Å². The van der Waals surface area contributed by atoms with Gasteiger partial charge in [0.25, 0.3) is 20.2 Å². The Bertz CT molecular complexity index is 1060. The number of esters is 2. The van der Waals surface area contributed by atoms with Crippen LogP contribution >= 0.6 is 0 Å². The summed E-state index contributed by atoms with van der Waals surface area (Å²) < 4.78 is 93.6. The number of carbonyl (C=O) groups is 2. The quantitative estimate of drug-likeness (QED) is 0.423. The molecule has 27 heavy (non-hydrogen) atoms. The first-order chi connectivity index (χ1) is 12.3. The topological polar surface area (TPSA) is 152 Å². The lowest BCUT2D eigenvalue weighted by molar-refractivity contribution is 0.0391. The van der Waals surface area contributed by atoms with E-state index in [9.17, 15) is 35.2 Å². The van der Waals surface area contributed by atoms with Gasteiger partial charge in [0.15, 0.2) is 0 Å². The second kappa shape index (κ2) is 7.11. The normalized spacial score (nSPS) is 11.9. The maximum Gasteiger partial charge on any atom is 0.347 e. The van der Waals surface area contributed by atoms with Crippen LogP contribution in [-0.2, 0) is 25.0 Å². The van der Waals surface area contributed by atoms with Crippen molar-refractivity contribution in [2.24, 2.45) is 0 Å². The third-order valence-corrected chi connectivity index (χ3v) is 4.86. The van der Waals surface area contributed by atoms with Crippen LogP contribution in [0.2, 0.25) is 0 Å². The van der Waals surface area contributed by atoms with E-state index in [0.717, 1.165) is 0 Å². The molecule has 0 aliphatic rings. The first kappa shape index (κ1) is 20.6. The number of ether oxygens (including phenoxy) is 1. The standard InChI is InChI=1S/C14H8F2O9S2/c15-7-1-3-9(11(5-7)26(19,20)21)13(17)25-14(18)10-4-2-8(16)6-12(10)27(22,23)24/h1-6H,(H,19,20,21)(H,22,23,24). The van der Waals surface area contributed by atoms with E-state index in [-0.39, 0.29) is 12.1 Å². The minimum Gasteiger partial charge on any atom is -0.386 e. The predicted octanol–water partition coefficient (Wildman–Crippen LogP) is 1.46. The first-order valence-corrected chi connectivity index (χ1v) is 9.49.